The summed E-state index contributed by atoms with van der Waals surface area (Å²) in [6.45, 7) is 0.463. The number of phenols is 1. The van der Waals surface area contributed by atoms with E-state index in [1.807, 2.05) is 6.07 Å². The van der Waals surface area contributed by atoms with Crippen molar-refractivity contribution in [3.63, 3.8) is 0 Å². The fourth-order valence-corrected chi connectivity index (χ4v) is 0.802. The molecule has 1 aromatic carbocycles. The van der Waals surface area contributed by atoms with Gasteiger partial charge in [-0.15, -0.1) is 0 Å². The van der Waals surface area contributed by atoms with Crippen LogP contribution in [0, 0.1) is 0 Å². The third-order valence-corrected chi connectivity index (χ3v) is 1.29. The van der Waals surface area contributed by atoms with Gasteiger partial charge in [-0.2, -0.15) is 0 Å². The SMILES string of the molecule is CNOCc1cccc(O)c1. The van der Waals surface area contributed by atoms with Gasteiger partial charge in [0, 0.05) is 7.05 Å². The summed E-state index contributed by atoms with van der Waals surface area (Å²) in [6.07, 6.45) is 0. The second-order valence-corrected chi connectivity index (χ2v) is 2.16. The molecule has 11 heavy (non-hydrogen) atoms. The number of hydrogen-bond donors (Lipinski definition) is 2. The molecule has 60 valence electrons. The van der Waals surface area contributed by atoms with Crippen molar-refractivity contribution in [1.29, 1.82) is 0 Å². The average Bonchev–Trinajstić information content (AvgIpc) is 2.01. The molecule has 0 fully saturated rings. The number of hydrogen-bond acceptors (Lipinski definition) is 3. The van der Waals surface area contributed by atoms with Crippen LogP contribution in [0.1, 0.15) is 5.56 Å². The molecule has 0 aliphatic rings. The number of benzene rings is 1. The summed E-state index contributed by atoms with van der Waals surface area (Å²) >= 11 is 0. The molecule has 0 saturated heterocycles. The lowest BCUT2D eigenvalue weighted by atomic mass is 10.2. The topological polar surface area (TPSA) is 41.5 Å². The molecular formula is C8H11NO2. The molecule has 0 bridgehead atoms. The molecule has 0 aliphatic heterocycles. The maximum Gasteiger partial charge on any atom is 0.115 e. The third kappa shape index (κ3) is 2.57. The van der Waals surface area contributed by atoms with Crippen LogP contribution in [0.2, 0.25) is 0 Å². The highest BCUT2D eigenvalue weighted by molar-refractivity contribution is 5.26. The highest BCUT2D eigenvalue weighted by atomic mass is 16.6. The standard InChI is InChI=1S/C8H11NO2/c1-9-11-6-7-3-2-4-8(10)5-7/h2-5,9-10H,6H2,1H3. The van der Waals surface area contributed by atoms with E-state index in [1.54, 1.807) is 25.2 Å². The van der Waals surface area contributed by atoms with Gasteiger partial charge in [0.05, 0.1) is 6.61 Å². The molecular weight excluding hydrogens is 142 g/mol. The highest BCUT2D eigenvalue weighted by Gasteiger charge is 1.92. The molecule has 3 nitrogen and oxygen atoms in total. The molecule has 1 rings (SSSR count). The summed E-state index contributed by atoms with van der Waals surface area (Å²) in [5.74, 6) is 0.266. The van der Waals surface area contributed by atoms with E-state index >= 15 is 0 Å². The Balaban J connectivity index is 2.56. The second kappa shape index (κ2) is 3.95. The average molecular weight is 153 g/mol. The van der Waals surface area contributed by atoms with Gasteiger partial charge in [-0.3, -0.25) is 4.84 Å². The van der Waals surface area contributed by atoms with Crippen LogP contribution in [-0.4, -0.2) is 12.2 Å². The largest absolute Gasteiger partial charge is 0.508 e. The van der Waals surface area contributed by atoms with Crippen LogP contribution in [0.4, 0.5) is 0 Å². The van der Waals surface area contributed by atoms with E-state index in [9.17, 15) is 0 Å². The molecule has 3 heteroatoms. The molecule has 0 spiro atoms. The summed E-state index contributed by atoms with van der Waals surface area (Å²) < 4.78 is 0. The Morgan fingerprint density at radius 2 is 2.36 bits per heavy atom. The van der Waals surface area contributed by atoms with Gasteiger partial charge in [-0.25, -0.2) is 5.48 Å². The van der Waals surface area contributed by atoms with Crippen LogP contribution in [0.25, 0.3) is 0 Å². The molecule has 0 aliphatic carbocycles. The number of nitrogens with one attached hydrogen (secondary N) is 1. The summed E-state index contributed by atoms with van der Waals surface area (Å²) in [6, 6.07) is 6.96. The zero-order valence-corrected chi connectivity index (χ0v) is 6.37. The normalized spacial score (nSPS) is 9.91. The number of phenolic OH excluding ortho intramolecular Hbond substituents is 1. The van der Waals surface area contributed by atoms with E-state index in [2.05, 4.69) is 5.48 Å². The smallest absolute Gasteiger partial charge is 0.115 e. The Bertz CT molecular complexity index is 225. The highest BCUT2D eigenvalue weighted by Crippen LogP contribution is 2.10. The van der Waals surface area contributed by atoms with Crippen LogP contribution in [0.15, 0.2) is 24.3 Å². The van der Waals surface area contributed by atoms with Crippen LogP contribution < -0.4 is 5.48 Å². The summed E-state index contributed by atoms with van der Waals surface area (Å²) in [5, 5.41) is 9.04. The Morgan fingerprint density at radius 3 is 3.00 bits per heavy atom. The van der Waals surface area contributed by atoms with Gasteiger partial charge in [-0.1, -0.05) is 12.1 Å². The van der Waals surface area contributed by atoms with Gasteiger partial charge in [0.25, 0.3) is 0 Å². The summed E-state index contributed by atoms with van der Waals surface area (Å²) in [7, 11) is 1.70. The van der Waals surface area contributed by atoms with Gasteiger partial charge in [-0.05, 0) is 17.7 Å². The quantitative estimate of drug-likeness (QED) is 0.637. The van der Waals surface area contributed by atoms with E-state index in [0.29, 0.717) is 6.61 Å². The van der Waals surface area contributed by atoms with Crippen molar-refractivity contribution < 1.29 is 9.94 Å². The van der Waals surface area contributed by atoms with Crippen molar-refractivity contribution in [3.8, 4) is 5.75 Å². The van der Waals surface area contributed by atoms with Crippen molar-refractivity contribution in [1.82, 2.24) is 5.48 Å². The first kappa shape index (κ1) is 8.04. The van der Waals surface area contributed by atoms with E-state index in [-0.39, 0.29) is 5.75 Å². The van der Waals surface area contributed by atoms with Crippen LogP contribution >= 0.6 is 0 Å². The Labute approximate surface area is 65.6 Å². The molecule has 1 aromatic rings. The molecule has 0 unspecified atom stereocenters. The number of rotatable bonds is 3. The van der Waals surface area contributed by atoms with Crippen molar-refractivity contribution >= 4 is 0 Å². The zero-order valence-electron chi connectivity index (χ0n) is 6.37. The van der Waals surface area contributed by atoms with Gasteiger partial charge < -0.3 is 5.11 Å². The lowest BCUT2D eigenvalue weighted by Gasteiger charge is -2.01. The number of hydroxylamine groups is 1. The third-order valence-electron chi connectivity index (χ3n) is 1.29. The Kier molecular flexibility index (Phi) is 2.89. The molecule has 0 amide bonds. The maximum absolute atomic E-state index is 9.04. The minimum atomic E-state index is 0.266. The predicted molar refractivity (Wildman–Crippen MR) is 42.0 cm³/mol. The van der Waals surface area contributed by atoms with Crippen LogP contribution in [-0.2, 0) is 11.4 Å². The first-order valence-corrected chi connectivity index (χ1v) is 3.39. The first-order chi connectivity index (χ1) is 5.33. The van der Waals surface area contributed by atoms with Gasteiger partial charge in [0.1, 0.15) is 5.75 Å². The summed E-state index contributed by atoms with van der Waals surface area (Å²) in [5.41, 5.74) is 3.50. The van der Waals surface area contributed by atoms with E-state index in [4.69, 9.17) is 9.94 Å². The lowest BCUT2D eigenvalue weighted by molar-refractivity contribution is 0.0443. The van der Waals surface area contributed by atoms with Crippen molar-refractivity contribution in [3.05, 3.63) is 29.8 Å². The van der Waals surface area contributed by atoms with Crippen LogP contribution in [0.3, 0.4) is 0 Å². The zero-order chi connectivity index (χ0) is 8.10. The predicted octanol–water partition coefficient (Wildman–Crippen LogP) is 1.04. The fraction of sp³-hybridized carbons (Fsp3) is 0.250. The van der Waals surface area contributed by atoms with Gasteiger partial charge >= 0.3 is 0 Å². The van der Waals surface area contributed by atoms with E-state index in [0.717, 1.165) is 5.56 Å². The monoisotopic (exact) mass is 153 g/mol. The number of aromatic hydroxyl groups is 1. The van der Waals surface area contributed by atoms with Crippen molar-refractivity contribution in [2.45, 2.75) is 6.61 Å². The Hall–Kier alpha value is -1.06. The van der Waals surface area contributed by atoms with Crippen LogP contribution in [0.5, 0.6) is 5.75 Å². The molecule has 0 heterocycles. The minimum absolute atomic E-state index is 0.266. The summed E-state index contributed by atoms with van der Waals surface area (Å²) in [4.78, 5) is 4.91. The molecule has 0 radical (unpaired) electrons. The van der Waals surface area contributed by atoms with E-state index < -0.39 is 0 Å². The van der Waals surface area contributed by atoms with E-state index in [1.165, 1.54) is 0 Å². The van der Waals surface area contributed by atoms with Crippen molar-refractivity contribution in [2.75, 3.05) is 7.05 Å². The van der Waals surface area contributed by atoms with Crippen molar-refractivity contribution in [2.24, 2.45) is 0 Å². The van der Waals surface area contributed by atoms with Gasteiger partial charge in [0.15, 0.2) is 0 Å². The second-order valence-electron chi connectivity index (χ2n) is 2.16. The molecule has 2 N–H and O–H groups in total. The molecule has 0 atom stereocenters. The minimum Gasteiger partial charge on any atom is -0.508 e. The fourth-order valence-electron chi connectivity index (χ4n) is 0.802. The lowest BCUT2D eigenvalue weighted by Crippen LogP contribution is -2.06. The molecule has 0 aromatic heterocycles. The first-order valence-electron chi connectivity index (χ1n) is 3.39. The Morgan fingerprint density at radius 1 is 1.55 bits per heavy atom. The molecule has 0 saturated carbocycles. The van der Waals surface area contributed by atoms with Gasteiger partial charge in [0.2, 0.25) is 0 Å². The maximum atomic E-state index is 9.04.